The van der Waals surface area contributed by atoms with Crippen molar-refractivity contribution in [2.45, 2.75) is 0 Å². The van der Waals surface area contributed by atoms with Crippen LogP contribution in [0.2, 0.25) is 0 Å². The van der Waals surface area contributed by atoms with E-state index in [0.29, 0.717) is 11.0 Å². The molecule has 0 bridgehead atoms. The fourth-order valence-electron chi connectivity index (χ4n) is 2.49. The molecule has 0 saturated carbocycles. The fourth-order valence-corrected chi connectivity index (χ4v) is 2.85. The molecule has 0 aliphatic heterocycles. The predicted molar refractivity (Wildman–Crippen MR) is 83.0 cm³/mol. The van der Waals surface area contributed by atoms with Crippen LogP contribution < -0.4 is 5.63 Å². The van der Waals surface area contributed by atoms with Crippen molar-refractivity contribution >= 4 is 48.6 Å². The molecule has 4 rings (SSSR count). The van der Waals surface area contributed by atoms with E-state index in [1.54, 1.807) is 12.3 Å². The minimum absolute atomic E-state index is 0.319. The molecular formula is C16H8BrNO2. The normalized spacial score (nSPS) is 11.4. The monoisotopic (exact) mass is 325 g/mol. The van der Waals surface area contributed by atoms with Crippen LogP contribution in [0.1, 0.15) is 0 Å². The number of rotatable bonds is 0. The highest BCUT2D eigenvalue weighted by Crippen LogP contribution is 2.29. The average Bonchev–Trinajstić information content (AvgIpc) is 2.47. The highest BCUT2D eigenvalue weighted by Gasteiger charge is 2.10. The second-order valence-corrected chi connectivity index (χ2v) is 5.51. The minimum atomic E-state index is -0.319. The standard InChI is InChI=1S/C16H8BrNO2/c17-9-5-6-14-12(7-9)15-13(8-18-14)10-3-1-2-4-11(10)16(19)20-15/h1-8H. The second-order valence-electron chi connectivity index (χ2n) is 4.60. The predicted octanol–water partition coefficient (Wildman–Crippen LogP) is 4.26. The number of hydrogen-bond donors (Lipinski definition) is 0. The maximum atomic E-state index is 12.1. The summed E-state index contributed by atoms with van der Waals surface area (Å²) in [6.07, 6.45) is 1.76. The quantitative estimate of drug-likeness (QED) is 0.454. The lowest BCUT2D eigenvalue weighted by Gasteiger charge is -2.05. The SMILES string of the molecule is O=c1oc2c3cc(Br)ccc3ncc2c2ccccc12. The molecule has 4 aromatic rings. The van der Waals surface area contributed by atoms with Crippen molar-refractivity contribution in [3.63, 3.8) is 0 Å². The van der Waals surface area contributed by atoms with Gasteiger partial charge in [0, 0.05) is 26.8 Å². The molecule has 4 heteroatoms. The summed E-state index contributed by atoms with van der Waals surface area (Å²) in [6.45, 7) is 0. The molecule has 0 unspecified atom stereocenters. The van der Waals surface area contributed by atoms with Crippen molar-refractivity contribution in [2.24, 2.45) is 0 Å². The number of benzene rings is 2. The second kappa shape index (κ2) is 4.15. The van der Waals surface area contributed by atoms with Gasteiger partial charge in [-0.1, -0.05) is 34.1 Å². The van der Waals surface area contributed by atoms with Gasteiger partial charge in [0.15, 0.2) is 0 Å². The molecular weight excluding hydrogens is 318 g/mol. The van der Waals surface area contributed by atoms with Crippen molar-refractivity contribution in [3.05, 3.63) is 63.6 Å². The molecule has 2 heterocycles. The van der Waals surface area contributed by atoms with Gasteiger partial charge in [-0.2, -0.15) is 0 Å². The number of halogens is 1. The van der Waals surface area contributed by atoms with E-state index >= 15 is 0 Å². The number of pyridine rings is 1. The van der Waals surface area contributed by atoms with Gasteiger partial charge in [-0.15, -0.1) is 0 Å². The zero-order valence-electron chi connectivity index (χ0n) is 10.3. The van der Waals surface area contributed by atoms with Crippen LogP contribution in [-0.2, 0) is 0 Å². The molecule has 0 amide bonds. The molecule has 2 aromatic heterocycles. The molecule has 96 valence electrons. The Kier molecular flexibility index (Phi) is 2.41. The van der Waals surface area contributed by atoms with E-state index < -0.39 is 0 Å². The maximum Gasteiger partial charge on any atom is 0.344 e. The molecule has 0 aliphatic carbocycles. The zero-order valence-corrected chi connectivity index (χ0v) is 11.8. The van der Waals surface area contributed by atoms with E-state index in [-0.39, 0.29) is 5.63 Å². The van der Waals surface area contributed by atoms with E-state index in [2.05, 4.69) is 20.9 Å². The molecule has 0 aliphatic rings. The summed E-state index contributed by atoms with van der Waals surface area (Å²) in [5, 5.41) is 3.13. The average molecular weight is 326 g/mol. The number of hydrogen-bond acceptors (Lipinski definition) is 3. The molecule has 0 fully saturated rings. The molecule has 0 N–H and O–H groups in total. The van der Waals surface area contributed by atoms with E-state index in [1.165, 1.54) is 0 Å². The van der Waals surface area contributed by atoms with E-state index in [1.807, 2.05) is 36.4 Å². The van der Waals surface area contributed by atoms with Crippen molar-refractivity contribution in [2.75, 3.05) is 0 Å². The van der Waals surface area contributed by atoms with Gasteiger partial charge in [0.05, 0.1) is 10.9 Å². The summed E-state index contributed by atoms with van der Waals surface area (Å²) >= 11 is 3.44. The molecule has 0 radical (unpaired) electrons. The van der Waals surface area contributed by atoms with Crippen LogP contribution in [0.4, 0.5) is 0 Å². The smallest absolute Gasteiger partial charge is 0.344 e. The van der Waals surface area contributed by atoms with Gasteiger partial charge in [-0.3, -0.25) is 4.98 Å². The first kappa shape index (κ1) is 11.6. The first-order valence-corrected chi connectivity index (χ1v) is 6.93. The van der Waals surface area contributed by atoms with Crippen molar-refractivity contribution in [1.29, 1.82) is 0 Å². The van der Waals surface area contributed by atoms with Gasteiger partial charge in [-0.25, -0.2) is 4.79 Å². The summed E-state index contributed by atoms with van der Waals surface area (Å²) in [4.78, 5) is 16.6. The van der Waals surface area contributed by atoms with Gasteiger partial charge >= 0.3 is 5.63 Å². The van der Waals surface area contributed by atoms with E-state index in [9.17, 15) is 4.79 Å². The van der Waals surface area contributed by atoms with Crippen molar-refractivity contribution in [1.82, 2.24) is 4.98 Å². The van der Waals surface area contributed by atoms with Crippen LogP contribution in [0.5, 0.6) is 0 Å². The largest absolute Gasteiger partial charge is 0.421 e. The van der Waals surface area contributed by atoms with Crippen molar-refractivity contribution < 1.29 is 4.42 Å². The highest BCUT2D eigenvalue weighted by atomic mass is 79.9. The fraction of sp³-hybridized carbons (Fsp3) is 0. The molecule has 2 aromatic carbocycles. The topological polar surface area (TPSA) is 43.1 Å². The van der Waals surface area contributed by atoms with E-state index in [4.69, 9.17) is 4.42 Å². The Bertz CT molecular complexity index is 1040. The summed E-state index contributed by atoms with van der Waals surface area (Å²) in [6, 6.07) is 13.2. The molecule has 20 heavy (non-hydrogen) atoms. The maximum absolute atomic E-state index is 12.1. The molecule has 0 spiro atoms. The summed E-state index contributed by atoms with van der Waals surface area (Å²) < 4.78 is 6.45. The Morgan fingerprint density at radius 2 is 1.75 bits per heavy atom. The Hall–Kier alpha value is -2.20. The van der Waals surface area contributed by atoms with Crippen LogP contribution in [0, 0.1) is 0 Å². The molecule has 0 saturated heterocycles. The first-order chi connectivity index (χ1) is 9.74. The number of nitrogens with zero attached hydrogens (tertiary/aromatic N) is 1. The number of fused-ring (bicyclic) bond motifs is 5. The third-order valence-corrected chi connectivity index (χ3v) is 3.91. The highest BCUT2D eigenvalue weighted by molar-refractivity contribution is 9.10. The molecule has 3 nitrogen and oxygen atoms in total. The Morgan fingerprint density at radius 1 is 0.950 bits per heavy atom. The Labute approximate surface area is 122 Å². The molecule has 0 atom stereocenters. The minimum Gasteiger partial charge on any atom is -0.421 e. The van der Waals surface area contributed by atoms with Crippen LogP contribution in [0.25, 0.3) is 32.6 Å². The van der Waals surface area contributed by atoms with Crippen molar-refractivity contribution in [3.8, 4) is 0 Å². The van der Waals surface area contributed by atoms with Gasteiger partial charge in [-0.05, 0) is 24.3 Å². The summed E-state index contributed by atoms with van der Waals surface area (Å²) in [5.41, 5.74) is 1.07. The van der Waals surface area contributed by atoms with Crippen LogP contribution in [-0.4, -0.2) is 4.98 Å². The van der Waals surface area contributed by atoms with E-state index in [0.717, 1.165) is 26.1 Å². The van der Waals surface area contributed by atoms with Gasteiger partial charge in [0.25, 0.3) is 0 Å². The lowest BCUT2D eigenvalue weighted by atomic mass is 10.1. The van der Waals surface area contributed by atoms with Crippen LogP contribution >= 0.6 is 15.9 Å². The Morgan fingerprint density at radius 3 is 2.60 bits per heavy atom. The van der Waals surface area contributed by atoms with Gasteiger partial charge in [0.1, 0.15) is 5.58 Å². The number of aromatic nitrogens is 1. The first-order valence-electron chi connectivity index (χ1n) is 6.14. The zero-order chi connectivity index (χ0) is 13.7. The van der Waals surface area contributed by atoms with Gasteiger partial charge in [0.2, 0.25) is 0 Å². The van der Waals surface area contributed by atoms with Crippen LogP contribution in [0.15, 0.2) is 62.3 Å². The Balaban J connectivity index is 2.35. The van der Waals surface area contributed by atoms with Crippen LogP contribution in [0.3, 0.4) is 0 Å². The lowest BCUT2D eigenvalue weighted by Crippen LogP contribution is -2.00. The summed E-state index contributed by atoms with van der Waals surface area (Å²) in [7, 11) is 0. The van der Waals surface area contributed by atoms with Gasteiger partial charge < -0.3 is 4.42 Å². The lowest BCUT2D eigenvalue weighted by molar-refractivity contribution is 0.572. The third-order valence-electron chi connectivity index (χ3n) is 3.41. The third kappa shape index (κ3) is 1.58. The summed E-state index contributed by atoms with van der Waals surface area (Å²) in [5.74, 6) is 0.